The molecule has 2 aromatic rings. The number of nitrogens with one attached hydrogen (secondary N) is 1. The summed E-state index contributed by atoms with van der Waals surface area (Å²) >= 11 is 0. The molecule has 31 heavy (non-hydrogen) atoms. The van der Waals surface area contributed by atoms with Crippen molar-refractivity contribution in [1.82, 2.24) is 25.0 Å². The van der Waals surface area contributed by atoms with Crippen molar-refractivity contribution < 1.29 is 19.4 Å². The van der Waals surface area contributed by atoms with Gasteiger partial charge in [-0.2, -0.15) is 5.10 Å². The number of hydrogen-bond acceptors (Lipinski definition) is 7. The van der Waals surface area contributed by atoms with Gasteiger partial charge in [0.2, 0.25) is 0 Å². The highest BCUT2D eigenvalue weighted by molar-refractivity contribution is 6.46. The number of aromatic nitrogens is 3. The number of Topliss-reactive ketones (excluding diaryl/α,β-unsaturated/α-hetero) is 1. The summed E-state index contributed by atoms with van der Waals surface area (Å²) in [7, 11) is 0. The zero-order chi connectivity index (χ0) is 22.0. The Morgan fingerprint density at radius 3 is 2.55 bits per heavy atom. The number of hydrogen-bond donors (Lipinski definition) is 2. The Morgan fingerprint density at radius 2 is 1.90 bits per heavy atom. The minimum absolute atomic E-state index is 0.0928. The van der Waals surface area contributed by atoms with Gasteiger partial charge in [-0.15, -0.1) is 0 Å². The summed E-state index contributed by atoms with van der Waals surface area (Å²) in [4.78, 5) is 33.9. The van der Waals surface area contributed by atoms with Crippen LogP contribution >= 0.6 is 0 Å². The molecular formula is C22H27N5O4. The number of rotatable bonds is 6. The lowest BCUT2D eigenvalue weighted by Crippen LogP contribution is -2.38. The van der Waals surface area contributed by atoms with Gasteiger partial charge in [-0.05, 0) is 38.0 Å². The molecule has 1 amide bonds. The van der Waals surface area contributed by atoms with Crippen molar-refractivity contribution in [2.45, 2.75) is 26.3 Å². The van der Waals surface area contributed by atoms with Gasteiger partial charge in [-0.1, -0.05) is 0 Å². The number of morpholine rings is 1. The third-order valence-corrected chi connectivity index (χ3v) is 5.90. The van der Waals surface area contributed by atoms with Crippen LogP contribution in [0.25, 0.3) is 5.76 Å². The molecule has 4 heterocycles. The van der Waals surface area contributed by atoms with Gasteiger partial charge < -0.3 is 14.7 Å². The van der Waals surface area contributed by atoms with Crippen LogP contribution < -0.4 is 0 Å². The smallest absolute Gasteiger partial charge is 0.295 e. The molecule has 1 atom stereocenters. The summed E-state index contributed by atoms with van der Waals surface area (Å²) < 4.78 is 5.38. The van der Waals surface area contributed by atoms with Gasteiger partial charge in [0.1, 0.15) is 5.76 Å². The number of aliphatic hydroxyl groups excluding tert-OH is 1. The number of ketones is 1. The highest BCUT2D eigenvalue weighted by atomic mass is 16.5. The van der Waals surface area contributed by atoms with Gasteiger partial charge in [0.05, 0.1) is 36.1 Å². The van der Waals surface area contributed by atoms with Gasteiger partial charge in [0, 0.05) is 44.3 Å². The van der Waals surface area contributed by atoms with Crippen molar-refractivity contribution in [3.8, 4) is 0 Å². The van der Waals surface area contributed by atoms with Crippen LogP contribution in [0.1, 0.15) is 35.0 Å². The van der Waals surface area contributed by atoms with E-state index >= 15 is 0 Å². The fraction of sp³-hybridized carbons (Fsp3) is 0.455. The van der Waals surface area contributed by atoms with Crippen LogP contribution in [0, 0.1) is 13.8 Å². The molecule has 9 heteroatoms. The van der Waals surface area contributed by atoms with E-state index in [4.69, 9.17) is 4.74 Å². The van der Waals surface area contributed by atoms with Gasteiger partial charge in [0.25, 0.3) is 11.7 Å². The number of aromatic amines is 1. The number of carbonyl (C=O) groups excluding carboxylic acids is 2. The monoisotopic (exact) mass is 425 g/mol. The fourth-order valence-electron chi connectivity index (χ4n) is 4.33. The molecule has 164 valence electrons. The van der Waals surface area contributed by atoms with Gasteiger partial charge >= 0.3 is 0 Å². The second-order valence-electron chi connectivity index (χ2n) is 7.89. The molecule has 2 fully saturated rings. The summed E-state index contributed by atoms with van der Waals surface area (Å²) in [5, 5.41) is 18.1. The number of ether oxygens (including phenoxy) is 1. The molecule has 2 N–H and O–H groups in total. The number of nitrogens with zero attached hydrogens (tertiary/aromatic N) is 4. The largest absolute Gasteiger partial charge is 0.507 e. The van der Waals surface area contributed by atoms with Crippen molar-refractivity contribution in [2.75, 3.05) is 39.4 Å². The maximum Gasteiger partial charge on any atom is 0.295 e. The van der Waals surface area contributed by atoms with Crippen molar-refractivity contribution in [3.63, 3.8) is 0 Å². The lowest BCUT2D eigenvalue weighted by atomic mass is 9.95. The average Bonchev–Trinajstić information content (AvgIpc) is 3.25. The predicted molar refractivity (Wildman–Crippen MR) is 113 cm³/mol. The van der Waals surface area contributed by atoms with E-state index in [1.165, 1.54) is 0 Å². The molecule has 2 saturated heterocycles. The molecule has 0 radical (unpaired) electrons. The lowest BCUT2D eigenvalue weighted by molar-refractivity contribution is -0.140. The van der Waals surface area contributed by atoms with E-state index in [2.05, 4.69) is 20.1 Å². The molecule has 2 aromatic heterocycles. The maximum absolute atomic E-state index is 13.0. The first-order valence-electron chi connectivity index (χ1n) is 10.5. The number of likely N-dealkylation sites (tertiary alicyclic amines) is 1. The topological polar surface area (TPSA) is 112 Å². The molecule has 9 nitrogen and oxygen atoms in total. The Hall–Kier alpha value is -3.04. The quantitative estimate of drug-likeness (QED) is 0.410. The fourth-order valence-corrected chi connectivity index (χ4v) is 4.33. The van der Waals surface area contributed by atoms with E-state index in [1.807, 2.05) is 0 Å². The third kappa shape index (κ3) is 4.11. The van der Waals surface area contributed by atoms with E-state index in [0.29, 0.717) is 36.7 Å². The minimum Gasteiger partial charge on any atom is -0.507 e. The highest BCUT2D eigenvalue weighted by Gasteiger charge is 2.46. The van der Waals surface area contributed by atoms with E-state index in [9.17, 15) is 14.7 Å². The predicted octanol–water partition coefficient (Wildman–Crippen LogP) is 1.57. The van der Waals surface area contributed by atoms with Crippen LogP contribution in [0.15, 0.2) is 30.1 Å². The van der Waals surface area contributed by atoms with Crippen molar-refractivity contribution in [1.29, 1.82) is 0 Å². The number of amides is 1. The van der Waals surface area contributed by atoms with E-state index < -0.39 is 17.7 Å². The molecule has 2 aliphatic heterocycles. The van der Waals surface area contributed by atoms with E-state index in [1.54, 1.807) is 43.3 Å². The average molecular weight is 425 g/mol. The Balaban J connectivity index is 1.67. The highest BCUT2D eigenvalue weighted by Crippen LogP contribution is 2.40. The second-order valence-corrected chi connectivity index (χ2v) is 7.89. The number of carbonyl (C=O) groups is 2. The first kappa shape index (κ1) is 21.2. The SMILES string of the molecule is Cc1n[nH]c(C)c1/C(O)=C1\C(=O)C(=O)N(CCCN2CCOCC2)[C@H]1c1ccncc1. The summed E-state index contributed by atoms with van der Waals surface area (Å²) in [6.45, 7) is 7.91. The third-order valence-electron chi connectivity index (χ3n) is 5.90. The molecule has 0 aromatic carbocycles. The number of H-pyrrole nitrogens is 1. The van der Waals surface area contributed by atoms with Crippen LogP contribution in [-0.4, -0.2) is 81.2 Å². The summed E-state index contributed by atoms with van der Waals surface area (Å²) in [5.74, 6) is -1.46. The van der Waals surface area contributed by atoms with Crippen molar-refractivity contribution in [3.05, 3.63) is 52.6 Å². The number of aliphatic hydroxyl groups is 1. The zero-order valence-electron chi connectivity index (χ0n) is 17.8. The molecule has 4 rings (SSSR count). The Bertz CT molecular complexity index is 975. The van der Waals surface area contributed by atoms with Gasteiger partial charge in [-0.25, -0.2) is 0 Å². The second kappa shape index (κ2) is 8.99. The normalized spacial score (nSPS) is 21.7. The lowest BCUT2D eigenvalue weighted by Gasteiger charge is -2.29. The van der Waals surface area contributed by atoms with Crippen LogP contribution in [0.4, 0.5) is 0 Å². The van der Waals surface area contributed by atoms with Crippen LogP contribution in [-0.2, 0) is 14.3 Å². The Kier molecular flexibility index (Phi) is 6.15. The van der Waals surface area contributed by atoms with Gasteiger partial charge in [0.15, 0.2) is 0 Å². The first-order chi connectivity index (χ1) is 15.0. The zero-order valence-corrected chi connectivity index (χ0v) is 17.8. The molecule has 2 aliphatic rings. The van der Waals surface area contributed by atoms with Crippen molar-refractivity contribution in [2.24, 2.45) is 0 Å². The molecule has 0 bridgehead atoms. The summed E-state index contributed by atoms with van der Waals surface area (Å²) in [6, 6.07) is 2.88. The molecule has 0 unspecified atom stereocenters. The Labute approximate surface area is 180 Å². The summed E-state index contributed by atoms with van der Waals surface area (Å²) in [6.07, 6.45) is 3.97. The van der Waals surface area contributed by atoms with E-state index in [0.717, 1.165) is 31.6 Å². The minimum atomic E-state index is -0.675. The standard InChI is InChI=1S/C22H27N5O4/c1-14-17(15(2)25-24-14)20(28)18-19(16-4-6-23-7-5-16)27(22(30)21(18)29)9-3-8-26-10-12-31-13-11-26/h4-7,19,28H,3,8-13H2,1-2H3,(H,24,25)/b20-18+/t19-/m0/s1. The van der Waals surface area contributed by atoms with Crippen molar-refractivity contribution >= 4 is 17.4 Å². The number of aryl methyl sites for hydroxylation is 2. The van der Waals surface area contributed by atoms with Gasteiger partial charge in [-0.3, -0.25) is 24.6 Å². The first-order valence-corrected chi connectivity index (χ1v) is 10.5. The molecule has 0 spiro atoms. The molecule has 0 saturated carbocycles. The molecular weight excluding hydrogens is 398 g/mol. The number of pyridine rings is 1. The molecule has 0 aliphatic carbocycles. The van der Waals surface area contributed by atoms with Crippen LogP contribution in [0.3, 0.4) is 0 Å². The summed E-state index contributed by atoms with van der Waals surface area (Å²) in [5.41, 5.74) is 2.51. The Morgan fingerprint density at radius 1 is 1.19 bits per heavy atom. The maximum atomic E-state index is 13.0. The van der Waals surface area contributed by atoms with Crippen LogP contribution in [0.5, 0.6) is 0 Å². The van der Waals surface area contributed by atoms with E-state index in [-0.39, 0.29) is 11.3 Å². The van der Waals surface area contributed by atoms with Crippen LogP contribution in [0.2, 0.25) is 0 Å².